The van der Waals surface area contributed by atoms with Gasteiger partial charge < -0.3 is 0 Å². The molecule has 2 rings (SSSR count). The lowest BCUT2D eigenvalue weighted by Gasteiger charge is -1.97. The molecule has 0 atom stereocenters. The molecular formula is C13H8Cl2FN. The molecule has 0 heterocycles. The summed E-state index contributed by atoms with van der Waals surface area (Å²) in [5.41, 5.74) is 1.51. The van der Waals surface area contributed by atoms with Gasteiger partial charge in [-0.1, -0.05) is 35.3 Å². The molecule has 0 fully saturated rings. The van der Waals surface area contributed by atoms with E-state index in [-0.39, 0.29) is 5.82 Å². The van der Waals surface area contributed by atoms with Gasteiger partial charge in [0.1, 0.15) is 5.82 Å². The smallest absolute Gasteiger partial charge is 0.123 e. The van der Waals surface area contributed by atoms with Crippen LogP contribution in [0.4, 0.5) is 10.1 Å². The predicted octanol–water partition coefficient (Wildman–Crippen LogP) is 4.88. The van der Waals surface area contributed by atoms with Crippen molar-refractivity contribution in [3.05, 3.63) is 63.9 Å². The monoisotopic (exact) mass is 267 g/mol. The molecule has 2 aromatic rings. The van der Waals surface area contributed by atoms with Crippen molar-refractivity contribution in [2.24, 2.45) is 4.99 Å². The normalized spacial score (nSPS) is 11.0. The van der Waals surface area contributed by atoms with Gasteiger partial charge in [-0.05, 0) is 35.9 Å². The molecule has 0 amide bonds. The fourth-order valence-electron chi connectivity index (χ4n) is 1.26. The maximum absolute atomic E-state index is 12.7. The first-order chi connectivity index (χ1) is 8.15. The molecule has 0 aliphatic rings. The van der Waals surface area contributed by atoms with E-state index in [1.165, 1.54) is 12.1 Å². The Labute approximate surface area is 109 Å². The summed E-state index contributed by atoms with van der Waals surface area (Å²) in [7, 11) is 0. The zero-order valence-corrected chi connectivity index (χ0v) is 10.2. The van der Waals surface area contributed by atoms with E-state index in [0.717, 1.165) is 5.56 Å². The molecule has 0 N–H and O–H groups in total. The summed E-state index contributed by atoms with van der Waals surface area (Å²) in [5, 5.41) is 0.952. The van der Waals surface area contributed by atoms with Crippen LogP contribution in [0.25, 0.3) is 0 Å². The highest BCUT2D eigenvalue weighted by atomic mass is 35.5. The Morgan fingerprint density at radius 1 is 0.941 bits per heavy atom. The first-order valence-corrected chi connectivity index (χ1v) is 5.65. The summed E-state index contributed by atoms with van der Waals surface area (Å²) in [6, 6.07) is 11.2. The fraction of sp³-hybridized carbons (Fsp3) is 0. The molecule has 0 aliphatic carbocycles. The maximum Gasteiger partial charge on any atom is 0.123 e. The number of hydrogen-bond donors (Lipinski definition) is 0. The molecule has 86 valence electrons. The van der Waals surface area contributed by atoms with Crippen molar-refractivity contribution < 1.29 is 4.39 Å². The van der Waals surface area contributed by atoms with Gasteiger partial charge in [-0.2, -0.15) is 0 Å². The third kappa shape index (κ3) is 3.29. The molecule has 17 heavy (non-hydrogen) atoms. The average Bonchev–Trinajstić information content (AvgIpc) is 2.33. The zero-order valence-electron chi connectivity index (χ0n) is 8.70. The van der Waals surface area contributed by atoms with Crippen LogP contribution in [0.5, 0.6) is 0 Å². The highest BCUT2D eigenvalue weighted by Gasteiger charge is 1.97. The van der Waals surface area contributed by atoms with Gasteiger partial charge >= 0.3 is 0 Å². The Hall–Kier alpha value is -1.38. The van der Waals surface area contributed by atoms with Gasteiger partial charge in [-0.15, -0.1) is 0 Å². The minimum atomic E-state index is -0.267. The number of rotatable bonds is 2. The zero-order chi connectivity index (χ0) is 12.3. The summed E-state index contributed by atoms with van der Waals surface area (Å²) in [4.78, 5) is 4.22. The Morgan fingerprint density at radius 2 is 1.65 bits per heavy atom. The van der Waals surface area contributed by atoms with Crippen LogP contribution < -0.4 is 0 Å². The van der Waals surface area contributed by atoms with E-state index in [2.05, 4.69) is 4.99 Å². The van der Waals surface area contributed by atoms with Gasteiger partial charge in [0.25, 0.3) is 0 Å². The van der Waals surface area contributed by atoms with E-state index in [0.29, 0.717) is 15.7 Å². The second-order valence-corrected chi connectivity index (χ2v) is 4.22. The highest BCUT2D eigenvalue weighted by molar-refractivity contribution is 6.42. The van der Waals surface area contributed by atoms with Gasteiger partial charge in [-0.3, -0.25) is 4.99 Å². The van der Waals surface area contributed by atoms with Crippen LogP contribution in [-0.4, -0.2) is 6.21 Å². The fourth-order valence-corrected chi connectivity index (χ4v) is 1.56. The molecule has 0 saturated heterocycles. The van der Waals surface area contributed by atoms with Crippen LogP contribution in [0, 0.1) is 5.82 Å². The third-order valence-corrected chi connectivity index (χ3v) is 2.87. The van der Waals surface area contributed by atoms with E-state index in [1.54, 1.807) is 36.5 Å². The van der Waals surface area contributed by atoms with Crippen molar-refractivity contribution in [1.29, 1.82) is 0 Å². The molecule has 1 nitrogen and oxygen atoms in total. The molecule has 0 bridgehead atoms. The van der Waals surface area contributed by atoms with Crippen molar-refractivity contribution in [3.8, 4) is 0 Å². The largest absolute Gasteiger partial charge is 0.256 e. The first-order valence-electron chi connectivity index (χ1n) is 4.90. The van der Waals surface area contributed by atoms with Gasteiger partial charge in [0.2, 0.25) is 0 Å². The third-order valence-electron chi connectivity index (χ3n) is 2.14. The lowest BCUT2D eigenvalue weighted by atomic mass is 10.2. The Bertz CT molecular complexity index is 550. The van der Waals surface area contributed by atoms with E-state index in [1.807, 2.05) is 0 Å². The number of hydrogen-bond acceptors (Lipinski definition) is 1. The molecule has 2 aromatic carbocycles. The van der Waals surface area contributed by atoms with E-state index in [9.17, 15) is 4.39 Å². The molecule has 0 radical (unpaired) electrons. The van der Waals surface area contributed by atoms with Gasteiger partial charge in [0.05, 0.1) is 15.7 Å². The van der Waals surface area contributed by atoms with Crippen molar-refractivity contribution in [3.63, 3.8) is 0 Å². The molecule has 4 heteroatoms. The van der Waals surface area contributed by atoms with Crippen LogP contribution in [0.1, 0.15) is 5.56 Å². The van der Waals surface area contributed by atoms with E-state index in [4.69, 9.17) is 23.2 Å². The summed E-state index contributed by atoms with van der Waals surface area (Å²) >= 11 is 11.7. The molecule has 0 saturated carbocycles. The number of benzene rings is 2. The number of aliphatic imine (C=N–C) groups is 1. The quantitative estimate of drug-likeness (QED) is 0.688. The maximum atomic E-state index is 12.7. The molecule has 0 aromatic heterocycles. The molecule has 0 aliphatic heterocycles. The minimum absolute atomic E-state index is 0.267. The summed E-state index contributed by atoms with van der Waals surface area (Å²) < 4.78 is 12.7. The van der Waals surface area contributed by atoms with Crippen LogP contribution in [0.2, 0.25) is 10.0 Å². The topological polar surface area (TPSA) is 12.4 Å². The van der Waals surface area contributed by atoms with Crippen LogP contribution >= 0.6 is 23.2 Å². The second-order valence-electron chi connectivity index (χ2n) is 3.41. The Kier molecular flexibility index (Phi) is 3.77. The van der Waals surface area contributed by atoms with Crippen LogP contribution in [0.15, 0.2) is 47.5 Å². The first kappa shape index (κ1) is 12.1. The average molecular weight is 268 g/mol. The summed E-state index contributed by atoms with van der Waals surface area (Å²) in [5.74, 6) is -0.267. The Balaban J connectivity index is 2.20. The Morgan fingerprint density at radius 3 is 2.29 bits per heavy atom. The highest BCUT2D eigenvalue weighted by Crippen LogP contribution is 2.26. The number of halogens is 3. The van der Waals surface area contributed by atoms with Gasteiger partial charge in [0, 0.05) is 6.21 Å². The number of nitrogens with zero attached hydrogens (tertiary/aromatic N) is 1. The molecule has 0 unspecified atom stereocenters. The lowest BCUT2D eigenvalue weighted by molar-refractivity contribution is 0.628. The molecular weight excluding hydrogens is 260 g/mol. The molecule has 0 spiro atoms. The van der Waals surface area contributed by atoms with Gasteiger partial charge in [0.15, 0.2) is 0 Å². The van der Waals surface area contributed by atoms with Crippen molar-refractivity contribution in [1.82, 2.24) is 0 Å². The van der Waals surface area contributed by atoms with Crippen molar-refractivity contribution >= 4 is 35.1 Å². The summed E-state index contributed by atoms with van der Waals surface area (Å²) in [6.45, 7) is 0. The van der Waals surface area contributed by atoms with E-state index < -0.39 is 0 Å². The van der Waals surface area contributed by atoms with Crippen LogP contribution in [-0.2, 0) is 0 Å². The van der Waals surface area contributed by atoms with Gasteiger partial charge in [-0.25, -0.2) is 4.39 Å². The van der Waals surface area contributed by atoms with Crippen molar-refractivity contribution in [2.45, 2.75) is 0 Å². The van der Waals surface area contributed by atoms with Crippen molar-refractivity contribution in [2.75, 3.05) is 0 Å². The second kappa shape index (κ2) is 5.30. The standard InChI is InChI=1S/C13H8Cl2FN/c14-12-6-5-11(7-13(12)15)17-8-9-1-3-10(16)4-2-9/h1-8H. The van der Waals surface area contributed by atoms with E-state index >= 15 is 0 Å². The van der Waals surface area contributed by atoms with Crippen LogP contribution in [0.3, 0.4) is 0 Å². The lowest BCUT2D eigenvalue weighted by Crippen LogP contribution is -1.81. The SMILES string of the molecule is Fc1ccc(C=Nc2ccc(Cl)c(Cl)c2)cc1. The predicted molar refractivity (Wildman–Crippen MR) is 70.1 cm³/mol. The summed E-state index contributed by atoms with van der Waals surface area (Å²) in [6.07, 6.45) is 1.64. The minimum Gasteiger partial charge on any atom is -0.256 e.